The number of nitriles is 1. The Bertz CT molecular complexity index is 659. The van der Waals surface area contributed by atoms with Crippen LogP contribution < -0.4 is 10.5 Å². The Balaban J connectivity index is 2.45. The minimum atomic E-state index is 0.415. The molecule has 1 aromatic carbocycles. The molecule has 0 aliphatic heterocycles. The summed E-state index contributed by atoms with van der Waals surface area (Å²) in [5, 5.41) is 8.88. The first-order chi connectivity index (χ1) is 9.02. The van der Waals surface area contributed by atoms with Gasteiger partial charge in [0.05, 0.1) is 25.4 Å². The number of rotatable bonds is 2. The largest absolute Gasteiger partial charge is 0.435 e. The molecule has 0 unspecified atom stereocenters. The van der Waals surface area contributed by atoms with Crippen molar-refractivity contribution >= 4 is 44.2 Å². The lowest BCUT2D eigenvalue weighted by Crippen LogP contribution is -1.98. The van der Waals surface area contributed by atoms with Gasteiger partial charge in [0, 0.05) is 6.20 Å². The van der Waals surface area contributed by atoms with Crippen molar-refractivity contribution < 1.29 is 4.74 Å². The third-order valence-corrected chi connectivity index (χ3v) is 4.22. The Morgan fingerprint density at radius 3 is 2.84 bits per heavy atom. The number of aryl methyl sites for hydroxylation is 1. The average molecular weight is 430 g/mol. The van der Waals surface area contributed by atoms with E-state index in [1.807, 2.05) is 13.0 Å². The van der Waals surface area contributed by atoms with Crippen LogP contribution in [0.25, 0.3) is 0 Å². The normalized spacial score (nSPS) is 10.0. The van der Waals surface area contributed by atoms with E-state index in [0.29, 0.717) is 22.9 Å². The molecule has 6 heteroatoms. The number of aromatic nitrogens is 1. The van der Waals surface area contributed by atoms with Gasteiger partial charge in [-0.15, -0.1) is 0 Å². The van der Waals surface area contributed by atoms with E-state index in [4.69, 9.17) is 15.7 Å². The van der Waals surface area contributed by atoms with E-state index in [2.05, 4.69) is 49.6 Å². The number of benzene rings is 1. The summed E-state index contributed by atoms with van der Waals surface area (Å²) < 4.78 is 7.31. The van der Waals surface area contributed by atoms with Gasteiger partial charge in [-0.25, -0.2) is 4.98 Å². The zero-order chi connectivity index (χ0) is 14.0. The molecule has 1 aromatic heterocycles. The van der Waals surface area contributed by atoms with Crippen LogP contribution in [-0.2, 0) is 0 Å². The SMILES string of the molecule is Cc1ccnc(Oc2c(N)cc(C#N)cc2I)c1Br. The fourth-order valence-corrected chi connectivity index (χ4v) is 2.54. The second kappa shape index (κ2) is 5.75. The highest BCUT2D eigenvalue weighted by Gasteiger charge is 2.13. The standard InChI is InChI=1S/C13H9BrIN3O/c1-7-2-3-18-13(11(7)14)19-12-9(15)4-8(6-16)5-10(12)17/h2-5H,17H2,1H3. The molecule has 0 radical (unpaired) electrons. The number of anilines is 1. The predicted molar refractivity (Wildman–Crippen MR) is 85.0 cm³/mol. The fraction of sp³-hybridized carbons (Fsp3) is 0.0769. The van der Waals surface area contributed by atoms with Crippen LogP contribution in [0.2, 0.25) is 0 Å². The average Bonchev–Trinajstić information content (AvgIpc) is 2.38. The van der Waals surface area contributed by atoms with Crippen LogP contribution in [0.1, 0.15) is 11.1 Å². The molecule has 0 bridgehead atoms. The molecule has 0 saturated carbocycles. The zero-order valence-electron chi connectivity index (χ0n) is 9.95. The molecule has 0 fully saturated rings. The van der Waals surface area contributed by atoms with Crippen LogP contribution in [0, 0.1) is 21.8 Å². The molecule has 1 heterocycles. The lowest BCUT2D eigenvalue weighted by molar-refractivity contribution is 0.458. The minimum Gasteiger partial charge on any atom is -0.435 e. The monoisotopic (exact) mass is 429 g/mol. The van der Waals surface area contributed by atoms with E-state index in [1.54, 1.807) is 18.3 Å². The molecule has 0 saturated heterocycles. The number of nitrogens with zero attached hydrogens (tertiary/aromatic N) is 2. The second-order valence-electron chi connectivity index (χ2n) is 3.84. The van der Waals surface area contributed by atoms with Crippen LogP contribution in [0.5, 0.6) is 11.6 Å². The van der Waals surface area contributed by atoms with Crippen molar-refractivity contribution in [2.75, 3.05) is 5.73 Å². The van der Waals surface area contributed by atoms with Gasteiger partial charge in [0.15, 0.2) is 5.75 Å². The number of nitrogen functional groups attached to an aromatic ring is 1. The Hall–Kier alpha value is -1.33. The summed E-state index contributed by atoms with van der Waals surface area (Å²) in [6, 6.07) is 7.24. The summed E-state index contributed by atoms with van der Waals surface area (Å²) >= 11 is 5.51. The first-order valence-electron chi connectivity index (χ1n) is 5.31. The van der Waals surface area contributed by atoms with Gasteiger partial charge >= 0.3 is 0 Å². The van der Waals surface area contributed by atoms with Gasteiger partial charge in [0.25, 0.3) is 0 Å². The Morgan fingerprint density at radius 1 is 1.47 bits per heavy atom. The van der Waals surface area contributed by atoms with Crippen LogP contribution in [0.15, 0.2) is 28.9 Å². The van der Waals surface area contributed by atoms with Gasteiger partial charge in [-0.3, -0.25) is 0 Å². The Kier molecular flexibility index (Phi) is 4.27. The summed E-state index contributed by atoms with van der Waals surface area (Å²) in [6.45, 7) is 1.95. The first kappa shape index (κ1) is 14.1. The lowest BCUT2D eigenvalue weighted by atomic mass is 10.2. The highest BCUT2D eigenvalue weighted by Crippen LogP contribution is 2.36. The molecule has 2 aromatic rings. The summed E-state index contributed by atoms with van der Waals surface area (Å²) in [5.41, 5.74) is 7.85. The maximum atomic E-state index is 8.88. The number of nitrogens with two attached hydrogens (primary N) is 1. The Morgan fingerprint density at radius 2 is 2.21 bits per heavy atom. The molecule has 0 aliphatic rings. The van der Waals surface area contributed by atoms with Gasteiger partial charge in [-0.1, -0.05) is 0 Å². The summed E-state index contributed by atoms with van der Waals surface area (Å²) in [6.07, 6.45) is 1.67. The van der Waals surface area contributed by atoms with E-state index < -0.39 is 0 Å². The van der Waals surface area contributed by atoms with Crippen LogP contribution in [0.4, 0.5) is 5.69 Å². The van der Waals surface area contributed by atoms with Crippen LogP contribution >= 0.6 is 38.5 Å². The van der Waals surface area contributed by atoms with E-state index in [1.165, 1.54) is 0 Å². The molecule has 0 spiro atoms. The molecule has 96 valence electrons. The van der Waals surface area contributed by atoms with Gasteiger partial charge in [-0.05, 0) is 69.2 Å². The van der Waals surface area contributed by atoms with E-state index in [9.17, 15) is 0 Å². The van der Waals surface area contributed by atoms with Crippen molar-refractivity contribution in [3.8, 4) is 17.7 Å². The van der Waals surface area contributed by atoms with Crippen molar-refractivity contribution in [1.82, 2.24) is 4.98 Å². The smallest absolute Gasteiger partial charge is 0.234 e. The quantitative estimate of drug-likeness (QED) is 0.578. The minimum absolute atomic E-state index is 0.415. The third-order valence-electron chi connectivity index (χ3n) is 2.45. The highest BCUT2D eigenvalue weighted by molar-refractivity contribution is 14.1. The fourth-order valence-electron chi connectivity index (χ4n) is 1.47. The molecular formula is C13H9BrIN3O. The van der Waals surface area contributed by atoms with Crippen molar-refractivity contribution in [2.45, 2.75) is 6.92 Å². The summed E-state index contributed by atoms with van der Waals surface area (Å²) in [7, 11) is 0. The van der Waals surface area contributed by atoms with Crippen LogP contribution in [-0.4, -0.2) is 4.98 Å². The lowest BCUT2D eigenvalue weighted by Gasteiger charge is -2.12. The van der Waals surface area contributed by atoms with Crippen molar-refractivity contribution in [2.24, 2.45) is 0 Å². The molecule has 0 amide bonds. The van der Waals surface area contributed by atoms with E-state index in [0.717, 1.165) is 13.6 Å². The van der Waals surface area contributed by atoms with Gasteiger partial charge in [0.1, 0.15) is 0 Å². The summed E-state index contributed by atoms with van der Waals surface area (Å²) in [4.78, 5) is 4.17. The molecule has 0 atom stereocenters. The first-order valence-corrected chi connectivity index (χ1v) is 7.18. The second-order valence-corrected chi connectivity index (χ2v) is 5.79. The molecular weight excluding hydrogens is 421 g/mol. The summed E-state index contributed by atoms with van der Waals surface area (Å²) in [5.74, 6) is 0.965. The number of pyridine rings is 1. The number of ether oxygens (including phenoxy) is 1. The zero-order valence-corrected chi connectivity index (χ0v) is 13.7. The number of hydrogen-bond acceptors (Lipinski definition) is 4. The maximum Gasteiger partial charge on any atom is 0.234 e. The molecule has 19 heavy (non-hydrogen) atoms. The highest BCUT2D eigenvalue weighted by atomic mass is 127. The third kappa shape index (κ3) is 2.98. The van der Waals surface area contributed by atoms with Gasteiger partial charge < -0.3 is 10.5 Å². The van der Waals surface area contributed by atoms with E-state index >= 15 is 0 Å². The topological polar surface area (TPSA) is 71.9 Å². The molecule has 2 N–H and O–H groups in total. The van der Waals surface area contributed by atoms with Crippen molar-refractivity contribution in [3.63, 3.8) is 0 Å². The van der Waals surface area contributed by atoms with E-state index in [-0.39, 0.29) is 0 Å². The molecule has 2 rings (SSSR count). The predicted octanol–water partition coefficient (Wildman–Crippen LogP) is 4.00. The van der Waals surface area contributed by atoms with Crippen molar-refractivity contribution in [1.29, 1.82) is 5.26 Å². The number of halogens is 2. The molecule has 4 nitrogen and oxygen atoms in total. The van der Waals surface area contributed by atoms with Crippen LogP contribution in [0.3, 0.4) is 0 Å². The maximum absolute atomic E-state index is 8.88. The molecule has 0 aliphatic carbocycles. The Labute approximate surface area is 132 Å². The van der Waals surface area contributed by atoms with Crippen molar-refractivity contribution in [3.05, 3.63) is 43.6 Å². The van der Waals surface area contributed by atoms with Gasteiger partial charge in [-0.2, -0.15) is 5.26 Å². The number of hydrogen-bond donors (Lipinski definition) is 1. The van der Waals surface area contributed by atoms with Gasteiger partial charge in [0.2, 0.25) is 5.88 Å².